The number of fused-ring (bicyclic) bond motifs is 1. The molecular weight excluding hydrogens is 230 g/mol. The van der Waals surface area contributed by atoms with E-state index in [1.54, 1.807) is 10.6 Å². The molecule has 7 heteroatoms. The van der Waals surface area contributed by atoms with Crippen molar-refractivity contribution < 1.29 is 4.79 Å². The van der Waals surface area contributed by atoms with E-state index in [-0.39, 0.29) is 0 Å². The molecule has 0 aliphatic carbocycles. The molecule has 82 valence electrons. The van der Waals surface area contributed by atoms with Crippen molar-refractivity contribution in [2.75, 3.05) is 0 Å². The van der Waals surface area contributed by atoms with Crippen LogP contribution >= 0.6 is 11.6 Å². The van der Waals surface area contributed by atoms with Crippen LogP contribution in [0.1, 0.15) is 5.69 Å². The number of nitrogens with zero attached hydrogens (tertiary/aromatic N) is 3. The number of rotatable bonds is 2. The van der Waals surface area contributed by atoms with Crippen LogP contribution in [0.25, 0.3) is 5.65 Å². The molecule has 0 saturated carbocycles. The Morgan fingerprint density at radius 3 is 3.19 bits per heavy atom. The average Bonchev–Trinajstić information content (AvgIpc) is 2.55. The highest BCUT2D eigenvalue weighted by atomic mass is 35.5. The minimum atomic E-state index is -0.735. The summed E-state index contributed by atoms with van der Waals surface area (Å²) >= 11 is 5.92. The first-order chi connectivity index (χ1) is 7.68. The number of pyridine rings is 1. The number of hydrazone groups is 1. The number of primary amides is 1. The van der Waals surface area contributed by atoms with Crippen LogP contribution in [0.3, 0.4) is 0 Å². The van der Waals surface area contributed by atoms with E-state index < -0.39 is 6.03 Å². The van der Waals surface area contributed by atoms with Gasteiger partial charge in [0.25, 0.3) is 0 Å². The summed E-state index contributed by atoms with van der Waals surface area (Å²) in [5.41, 5.74) is 8.22. The van der Waals surface area contributed by atoms with Crippen molar-refractivity contribution in [3.05, 3.63) is 35.2 Å². The molecule has 0 bridgehead atoms. The highest BCUT2D eigenvalue weighted by molar-refractivity contribution is 6.32. The Morgan fingerprint density at radius 2 is 2.44 bits per heavy atom. The smallest absolute Gasteiger partial charge is 0.332 e. The second kappa shape index (κ2) is 4.19. The zero-order valence-corrected chi connectivity index (χ0v) is 8.85. The number of aromatic nitrogens is 2. The number of carbonyl (C=O) groups excluding carboxylic acids is 1. The molecule has 0 atom stereocenters. The molecule has 0 saturated heterocycles. The summed E-state index contributed by atoms with van der Waals surface area (Å²) in [6, 6.07) is 4.76. The molecule has 3 N–H and O–H groups in total. The molecule has 0 aliphatic heterocycles. The monoisotopic (exact) mass is 237 g/mol. The van der Waals surface area contributed by atoms with Gasteiger partial charge in [0, 0.05) is 6.20 Å². The molecule has 0 unspecified atom stereocenters. The molecule has 16 heavy (non-hydrogen) atoms. The molecule has 0 aromatic carbocycles. The molecular formula is C9H8ClN5O. The molecule has 2 aromatic heterocycles. The van der Waals surface area contributed by atoms with Gasteiger partial charge in [0.15, 0.2) is 5.15 Å². The normalized spacial score (nSPS) is 11.1. The maximum Gasteiger partial charge on any atom is 0.332 e. The van der Waals surface area contributed by atoms with Crippen molar-refractivity contribution in [2.24, 2.45) is 10.8 Å². The summed E-state index contributed by atoms with van der Waals surface area (Å²) in [6.07, 6.45) is 3.17. The van der Waals surface area contributed by atoms with Gasteiger partial charge in [-0.2, -0.15) is 5.10 Å². The van der Waals surface area contributed by atoms with Crippen LogP contribution in [-0.2, 0) is 0 Å². The highest BCUT2D eigenvalue weighted by Crippen LogP contribution is 2.15. The van der Waals surface area contributed by atoms with Gasteiger partial charge in [-0.3, -0.25) is 4.40 Å². The van der Waals surface area contributed by atoms with E-state index in [2.05, 4.69) is 15.5 Å². The lowest BCUT2D eigenvalue weighted by Crippen LogP contribution is -2.24. The van der Waals surface area contributed by atoms with E-state index in [1.807, 2.05) is 18.2 Å². The van der Waals surface area contributed by atoms with Crippen LogP contribution in [0, 0.1) is 0 Å². The van der Waals surface area contributed by atoms with Gasteiger partial charge in [-0.1, -0.05) is 17.7 Å². The Kier molecular flexibility index (Phi) is 2.74. The topological polar surface area (TPSA) is 84.8 Å². The van der Waals surface area contributed by atoms with E-state index in [1.165, 1.54) is 6.21 Å². The summed E-state index contributed by atoms with van der Waals surface area (Å²) in [5, 5.41) is 3.94. The maximum atomic E-state index is 10.4. The third-order valence-electron chi connectivity index (χ3n) is 1.88. The van der Waals surface area contributed by atoms with Crippen LogP contribution < -0.4 is 11.2 Å². The van der Waals surface area contributed by atoms with Crippen LogP contribution in [-0.4, -0.2) is 21.6 Å². The van der Waals surface area contributed by atoms with Gasteiger partial charge < -0.3 is 5.73 Å². The second-order valence-electron chi connectivity index (χ2n) is 2.95. The number of hydrogen-bond acceptors (Lipinski definition) is 3. The quantitative estimate of drug-likeness (QED) is 0.603. The van der Waals surface area contributed by atoms with Gasteiger partial charge in [-0.15, -0.1) is 0 Å². The van der Waals surface area contributed by atoms with Crippen molar-refractivity contribution >= 4 is 29.5 Å². The van der Waals surface area contributed by atoms with Crippen molar-refractivity contribution in [3.63, 3.8) is 0 Å². The predicted octanol–water partition coefficient (Wildman–Crippen LogP) is 0.990. The summed E-state index contributed by atoms with van der Waals surface area (Å²) in [7, 11) is 0. The zero-order valence-electron chi connectivity index (χ0n) is 8.09. The number of urea groups is 1. The number of carbonyl (C=O) groups is 1. The number of amides is 2. The second-order valence-corrected chi connectivity index (χ2v) is 3.31. The number of imidazole rings is 1. The average molecular weight is 238 g/mol. The van der Waals surface area contributed by atoms with Crippen LogP contribution in [0.5, 0.6) is 0 Å². The van der Waals surface area contributed by atoms with E-state index in [0.717, 1.165) is 0 Å². The Labute approximate surface area is 95.7 Å². The SMILES string of the molecule is NC(=O)NN=Cc1c(Cl)nc2ccccn12. The summed E-state index contributed by atoms with van der Waals surface area (Å²) in [5.74, 6) is 0. The molecule has 0 radical (unpaired) electrons. The predicted molar refractivity (Wildman–Crippen MR) is 60.5 cm³/mol. The molecule has 2 aromatic rings. The fourth-order valence-corrected chi connectivity index (χ4v) is 1.49. The minimum absolute atomic E-state index is 0.307. The summed E-state index contributed by atoms with van der Waals surface area (Å²) in [6.45, 7) is 0. The van der Waals surface area contributed by atoms with Crippen LogP contribution in [0.2, 0.25) is 5.15 Å². The third-order valence-corrected chi connectivity index (χ3v) is 2.16. The fraction of sp³-hybridized carbons (Fsp3) is 0. The van der Waals surface area contributed by atoms with Crippen molar-refractivity contribution in [1.82, 2.24) is 14.8 Å². The largest absolute Gasteiger partial charge is 0.350 e. The lowest BCUT2D eigenvalue weighted by atomic mass is 10.4. The number of nitrogens with one attached hydrogen (secondary N) is 1. The first kappa shape index (κ1) is 10.4. The summed E-state index contributed by atoms with van der Waals surface area (Å²) in [4.78, 5) is 14.5. The molecule has 0 spiro atoms. The van der Waals surface area contributed by atoms with E-state index >= 15 is 0 Å². The molecule has 2 heterocycles. The first-order valence-electron chi connectivity index (χ1n) is 4.39. The van der Waals surface area contributed by atoms with Gasteiger partial charge in [-0.25, -0.2) is 15.2 Å². The molecule has 0 aliphatic rings. The lowest BCUT2D eigenvalue weighted by Gasteiger charge is -1.95. The van der Waals surface area contributed by atoms with Gasteiger partial charge in [0.05, 0.1) is 6.21 Å². The molecule has 6 nitrogen and oxygen atoms in total. The minimum Gasteiger partial charge on any atom is -0.350 e. The third kappa shape index (κ3) is 1.96. The number of hydrogen-bond donors (Lipinski definition) is 2. The van der Waals surface area contributed by atoms with Crippen molar-refractivity contribution in [1.29, 1.82) is 0 Å². The van der Waals surface area contributed by atoms with Gasteiger partial charge >= 0.3 is 6.03 Å². The van der Waals surface area contributed by atoms with Gasteiger partial charge in [0.2, 0.25) is 0 Å². The number of nitrogens with two attached hydrogens (primary N) is 1. The highest BCUT2D eigenvalue weighted by Gasteiger charge is 2.06. The fourth-order valence-electron chi connectivity index (χ4n) is 1.26. The molecule has 0 fully saturated rings. The zero-order chi connectivity index (χ0) is 11.5. The van der Waals surface area contributed by atoms with Crippen molar-refractivity contribution in [3.8, 4) is 0 Å². The Hall–Kier alpha value is -2.08. The first-order valence-corrected chi connectivity index (χ1v) is 4.77. The Morgan fingerprint density at radius 1 is 1.62 bits per heavy atom. The van der Waals surface area contributed by atoms with Crippen molar-refractivity contribution in [2.45, 2.75) is 0 Å². The van der Waals surface area contributed by atoms with Crippen LogP contribution in [0.15, 0.2) is 29.5 Å². The Bertz CT molecular complexity index is 562. The van der Waals surface area contributed by atoms with Crippen LogP contribution in [0.4, 0.5) is 4.79 Å². The Balaban J connectivity index is 2.39. The maximum absolute atomic E-state index is 10.4. The van der Waals surface area contributed by atoms with Gasteiger partial charge in [0.1, 0.15) is 11.3 Å². The lowest BCUT2D eigenvalue weighted by molar-refractivity contribution is 0.249. The van der Waals surface area contributed by atoms with E-state index in [9.17, 15) is 4.79 Å². The van der Waals surface area contributed by atoms with E-state index in [0.29, 0.717) is 16.5 Å². The standard InChI is InChI=1S/C9H8ClN5O/c10-8-6(5-12-14-9(11)16)15-4-2-1-3-7(15)13-8/h1-5H,(H3,11,14,16). The van der Waals surface area contributed by atoms with Gasteiger partial charge in [-0.05, 0) is 12.1 Å². The van der Waals surface area contributed by atoms with E-state index in [4.69, 9.17) is 17.3 Å². The molecule has 2 amide bonds. The number of halogens is 1. The summed E-state index contributed by atoms with van der Waals surface area (Å²) < 4.78 is 1.74. The molecule has 2 rings (SSSR count).